The van der Waals surface area contributed by atoms with E-state index in [0.717, 1.165) is 25.7 Å². The maximum atomic E-state index is 12.8. The molecule has 1 saturated carbocycles. The number of benzene rings is 1. The van der Waals surface area contributed by atoms with Crippen molar-refractivity contribution in [2.75, 3.05) is 20.8 Å². The van der Waals surface area contributed by atoms with Gasteiger partial charge in [-0.1, -0.05) is 12.8 Å². The molecule has 1 aromatic rings. The fourth-order valence-electron chi connectivity index (χ4n) is 4.37. The molecule has 28 heavy (non-hydrogen) atoms. The van der Waals surface area contributed by atoms with Crippen LogP contribution in [0.2, 0.25) is 0 Å². The number of hydrogen-bond donors (Lipinski definition) is 2. The molecule has 0 spiro atoms. The molecule has 152 valence electrons. The molecule has 0 bridgehead atoms. The Hall–Kier alpha value is -2.77. The Bertz CT molecular complexity index is 765. The largest absolute Gasteiger partial charge is 0.493 e. The zero-order valence-electron chi connectivity index (χ0n) is 16.1. The summed E-state index contributed by atoms with van der Waals surface area (Å²) in [6.07, 6.45) is 4.34. The van der Waals surface area contributed by atoms with E-state index in [9.17, 15) is 19.5 Å². The normalized spacial score (nSPS) is 23.6. The number of hydrogen-bond acceptors (Lipinski definition) is 5. The van der Waals surface area contributed by atoms with E-state index in [1.165, 1.54) is 25.2 Å². The van der Waals surface area contributed by atoms with E-state index >= 15 is 0 Å². The van der Waals surface area contributed by atoms with Crippen LogP contribution in [0, 0.1) is 5.92 Å². The lowest BCUT2D eigenvalue weighted by molar-refractivity contribution is -0.149. The topological polar surface area (TPSA) is 105 Å². The van der Waals surface area contributed by atoms with E-state index in [2.05, 4.69) is 5.32 Å². The molecule has 8 heteroatoms. The smallest absolute Gasteiger partial charge is 0.326 e. The van der Waals surface area contributed by atoms with Crippen molar-refractivity contribution in [3.63, 3.8) is 0 Å². The maximum Gasteiger partial charge on any atom is 0.326 e. The Kier molecular flexibility index (Phi) is 6.06. The van der Waals surface area contributed by atoms with Crippen LogP contribution in [0.1, 0.15) is 42.5 Å². The summed E-state index contributed by atoms with van der Waals surface area (Å²) in [7, 11) is 2.98. The molecule has 1 aliphatic carbocycles. The monoisotopic (exact) mass is 390 g/mol. The number of amides is 2. The van der Waals surface area contributed by atoms with Crippen molar-refractivity contribution in [3.8, 4) is 11.5 Å². The van der Waals surface area contributed by atoms with Crippen LogP contribution >= 0.6 is 0 Å². The first-order chi connectivity index (χ1) is 13.5. The van der Waals surface area contributed by atoms with Crippen molar-refractivity contribution >= 4 is 17.8 Å². The molecule has 3 unspecified atom stereocenters. The van der Waals surface area contributed by atoms with Crippen LogP contribution in [0.25, 0.3) is 0 Å². The van der Waals surface area contributed by atoms with Gasteiger partial charge in [-0.2, -0.15) is 0 Å². The summed E-state index contributed by atoms with van der Waals surface area (Å²) in [4.78, 5) is 38.3. The van der Waals surface area contributed by atoms with Gasteiger partial charge in [-0.15, -0.1) is 0 Å². The van der Waals surface area contributed by atoms with E-state index in [1.54, 1.807) is 12.1 Å². The summed E-state index contributed by atoms with van der Waals surface area (Å²) in [6, 6.07) is 3.88. The van der Waals surface area contributed by atoms with Gasteiger partial charge in [-0.25, -0.2) is 4.79 Å². The summed E-state index contributed by atoms with van der Waals surface area (Å²) >= 11 is 0. The van der Waals surface area contributed by atoms with Crippen molar-refractivity contribution in [3.05, 3.63) is 23.8 Å². The molecule has 1 aromatic carbocycles. The number of carboxylic acid groups (broad SMARTS) is 1. The van der Waals surface area contributed by atoms with Gasteiger partial charge in [0.05, 0.1) is 20.8 Å². The van der Waals surface area contributed by atoms with Gasteiger partial charge >= 0.3 is 5.97 Å². The summed E-state index contributed by atoms with van der Waals surface area (Å²) < 4.78 is 10.3. The molecular weight excluding hydrogens is 364 g/mol. The first kappa shape index (κ1) is 20.0. The lowest BCUT2D eigenvalue weighted by Gasteiger charge is -2.33. The average Bonchev–Trinajstić information content (AvgIpc) is 3.11. The van der Waals surface area contributed by atoms with E-state index in [0.29, 0.717) is 23.5 Å². The Morgan fingerprint density at radius 2 is 1.86 bits per heavy atom. The minimum Gasteiger partial charge on any atom is -0.493 e. The molecule has 1 aliphatic heterocycles. The molecule has 2 fully saturated rings. The molecule has 3 atom stereocenters. The number of carboxylic acids is 1. The zero-order chi connectivity index (χ0) is 20.3. The van der Waals surface area contributed by atoms with Crippen LogP contribution in [-0.4, -0.2) is 60.6 Å². The molecule has 8 nitrogen and oxygen atoms in total. The second-order valence-corrected chi connectivity index (χ2v) is 7.26. The standard InChI is InChI=1S/C20H26N2O6/c1-27-16-8-7-13(10-17(16)28-2)19(24)21-11-18(23)22-14-6-4-3-5-12(14)9-15(22)20(25)26/h7-8,10,12,14-15H,3-6,9,11H2,1-2H3,(H,21,24)(H,25,26). The number of carbonyl (C=O) groups is 3. The number of ether oxygens (including phenoxy) is 2. The predicted octanol–water partition coefficient (Wildman–Crippen LogP) is 1.68. The van der Waals surface area contributed by atoms with E-state index in [4.69, 9.17) is 9.47 Å². The highest BCUT2D eigenvalue weighted by Crippen LogP contribution is 2.39. The Balaban J connectivity index is 1.67. The fraction of sp³-hybridized carbons (Fsp3) is 0.550. The molecule has 0 radical (unpaired) electrons. The second-order valence-electron chi connectivity index (χ2n) is 7.26. The summed E-state index contributed by atoms with van der Waals surface area (Å²) in [6.45, 7) is -0.236. The highest BCUT2D eigenvalue weighted by Gasteiger charge is 2.47. The Labute approximate surface area is 163 Å². The van der Waals surface area contributed by atoms with Crippen molar-refractivity contribution in [2.45, 2.75) is 44.2 Å². The van der Waals surface area contributed by atoms with Gasteiger partial charge in [0.2, 0.25) is 5.91 Å². The third kappa shape index (κ3) is 3.90. The maximum absolute atomic E-state index is 12.8. The van der Waals surface area contributed by atoms with Crippen molar-refractivity contribution in [2.24, 2.45) is 5.92 Å². The number of fused-ring (bicyclic) bond motifs is 1. The molecule has 2 N–H and O–H groups in total. The van der Waals surface area contributed by atoms with Crippen molar-refractivity contribution < 1.29 is 29.0 Å². The van der Waals surface area contributed by atoms with Crippen molar-refractivity contribution in [1.82, 2.24) is 10.2 Å². The van der Waals surface area contributed by atoms with Crippen LogP contribution < -0.4 is 14.8 Å². The van der Waals surface area contributed by atoms with Crippen molar-refractivity contribution in [1.29, 1.82) is 0 Å². The average molecular weight is 390 g/mol. The van der Waals surface area contributed by atoms with Crippen LogP contribution in [-0.2, 0) is 9.59 Å². The number of carbonyl (C=O) groups excluding carboxylic acids is 2. The third-order valence-electron chi connectivity index (χ3n) is 5.71. The first-order valence-corrected chi connectivity index (χ1v) is 9.50. The number of methoxy groups -OCH3 is 2. The highest BCUT2D eigenvalue weighted by molar-refractivity contribution is 5.97. The number of nitrogens with one attached hydrogen (secondary N) is 1. The summed E-state index contributed by atoms with van der Waals surface area (Å²) in [5.41, 5.74) is 0.331. The Morgan fingerprint density at radius 3 is 2.54 bits per heavy atom. The van der Waals surface area contributed by atoms with Gasteiger partial charge in [0, 0.05) is 11.6 Å². The van der Waals surface area contributed by atoms with E-state index in [-0.39, 0.29) is 24.4 Å². The summed E-state index contributed by atoms with van der Waals surface area (Å²) in [5.74, 6) is -0.609. The van der Waals surface area contributed by atoms with Crippen LogP contribution in [0.5, 0.6) is 11.5 Å². The first-order valence-electron chi connectivity index (χ1n) is 9.50. The lowest BCUT2D eigenvalue weighted by atomic mass is 9.85. The minimum absolute atomic E-state index is 0.0414. The quantitative estimate of drug-likeness (QED) is 0.766. The molecule has 0 aromatic heterocycles. The van der Waals surface area contributed by atoms with Gasteiger partial charge in [-0.05, 0) is 43.4 Å². The molecule has 2 aliphatic rings. The minimum atomic E-state index is -0.978. The van der Waals surface area contributed by atoms with E-state index < -0.39 is 17.9 Å². The second kappa shape index (κ2) is 8.50. The Morgan fingerprint density at radius 1 is 1.14 bits per heavy atom. The molecule has 1 heterocycles. The fourth-order valence-corrected chi connectivity index (χ4v) is 4.37. The van der Waals surface area contributed by atoms with Gasteiger partial charge in [-0.3, -0.25) is 9.59 Å². The third-order valence-corrected chi connectivity index (χ3v) is 5.71. The van der Waals surface area contributed by atoms with Crippen LogP contribution in [0.4, 0.5) is 0 Å². The molecule has 1 saturated heterocycles. The van der Waals surface area contributed by atoms with Gasteiger partial charge in [0.25, 0.3) is 5.91 Å². The van der Waals surface area contributed by atoms with Crippen LogP contribution in [0.15, 0.2) is 18.2 Å². The number of aliphatic carboxylic acids is 1. The zero-order valence-corrected chi connectivity index (χ0v) is 16.1. The van der Waals surface area contributed by atoms with E-state index in [1.807, 2.05) is 0 Å². The molecule has 2 amide bonds. The molecule has 3 rings (SSSR count). The molecular formula is C20H26N2O6. The predicted molar refractivity (Wildman–Crippen MR) is 101 cm³/mol. The van der Waals surface area contributed by atoms with Crippen LogP contribution in [0.3, 0.4) is 0 Å². The number of rotatable bonds is 6. The summed E-state index contributed by atoms with van der Waals surface area (Å²) in [5, 5.41) is 12.1. The number of nitrogens with zero attached hydrogens (tertiary/aromatic N) is 1. The lowest BCUT2D eigenvalue weighted by Crippen LogP contribution is -2.50. The van der Waals surface area contributed by atoms with Gasteiger partial charge in [0.1, 0.15) is 6.04 Å². The number of likely N-dealkylation sites (tertiary alicyclic amines) is 1. The SMILES string of the molecule is COc1ccc(C(=O)NCC(=O)N2C(C(=O)O)CC3CCCCC32)cc1OC. The van der Waals surface area contributed by atoms with Gasteiger partial charge < -0.3 is 24.8 Å². The van der Waals surface area contributed by atoms with Gasteiger partial charge in [0.15, 0.2) is 11.5 Å². The highest BCUT2D eigenvalue weighted by atomic mass is 16.5.